The molecule has 2 aromatic rings. The van der Waals surface area contributed by atoms with Gasteiger partial charge in [0.1, 0.15) is 11.6 Å². The number of carbonyl (C=O) groups is 3. The zero-order valence-electron chi connectivity index (χ0n) is 29.6. The zero-order valence-corrected chi connectivity index (χ0v) is 30.4. The molecule has 2 amide bonds. The highest BCUT2D eigenvalue weighted by atomic mass is 32.1. The molecule has 0 saturated heterocycles. The van der Waals surface area contributed by atoms with Crippen LogP contribution in [0.5, 0.6) is 0 Å². The van der Waals surface area contributed by atoms with Gasteiger partial charge in [0.15, 0.2) is 10.9 Å². The first kappa shape index (κ1) is 36.9. The van der Waals surface area contributed by atoms with Gasteiger partial charge in [-0.05, 0) is 74.3 Å². The molecule has 2 heterocycles. The van der Waals surface area contributed by atoms with E-state index in [1.165, 1.54) is 16.7 Å². The third kappa shape index (κ3) is 7.69. The van der Waals surface area contributed by atoms with Crippen molar-refractivity contribution in [3.8, 4) is 17.3 Å². The van der Waals surface area contributed by atoms with Gasteiger partial charge in [-0.2, -0.15) is 5.26 Å². The summed E-state index contributed by atoms with van der Waals surface area (Å²) in [6.45, 7) is 21.2. The van der Waals surface area contributed by atoms with Crippen molar-refractivity contribution in [2.75, 3.05) is 18.0 Å². The first-order chi connectivity index (χ1) is 21.8. The molecule has 0 aliphatic carbocycles. The second-order valence-electron chi connectivity index (χ2n) is 13.2. The summed E-state index contributed by atoms with van der Waals surface area (Å²) in [6.07, 6.45) is 8.64. The topological polar surface area (TPSA) is 94.4 Å². The molecule has 0 bridgehead atoms. The van der Waals surface area contributed by atoms with E-state index in [9.17, 15) is 19.6 Å². The lowest BCUT2D eigenvalue weighted by Gasteiger charge is -2.34. The van der Waals surface area contributed by atoms with Crippen LogP contribution in [0.15, 0.2) is 28.9 Å². The zero-order chi connectivity index (χ0) is 34.3. The summed E-state index contributed by atoms with van der Waals surface area (Å²) in [7, 11) is 0. The van der Waals surface area contributed by atoms with Gasteiger partial charge in [-0.1, -0.05) is 91.7 Å². The van der Waals surface area contributed by atoms with Crippen LogP contribution in [0, 0.1) is 16.7 Å². The van der Waals surface area contributed by atoms with Crippen molar-refractivity contribution in [1.29, 1.82) is 5.26 Å². The summed E-state index contributed by atoms with van der Waals surface area (Å²) in [5.74, 6) is -1.53. The van der Waals surface area contributed by atoms with Gasteiger partial charge in [0.05, 0.1) is 16.6 Å². The Bertz CT molecular complexity index is 1530. The third-order valence-corrected chi connectivity index (χ3v) is 9.86. The number of benzene rings is 1. The molecule has 1 aromatic heterocycles. The van der Waals surface area contributed by atoms with Crippen molar-refractivity contribution in [1.82, 2.24) is 9.88 Å². The van der Waals surface area contributed by atoms with Gasteiger partial charge in [0, 0.05) is 29.6 Å². The molecule has 1 aromatic carbocycles. The predicted molar refractivity (Wildman–Crippen MR) is 190 cm³/mol. The van der Waals surface area contributed by atoms with E-state index in [1.54, 1.807) is 46.0 Å². The summed E-state index contributed by atoms with van der Waals surface area (Å²) in [5, 5.41) is 11.0. The molecule has 1 atom stereocenters. The molecule has 1 aliphatic rings. The van der Waals surface area contributed by atoms with Crippen LogP contribution in [0.1, 0.15) is 116 Å². The number of anilines is 1. The quantitative estimate of drug-likeness (QED) is 0.151. The molecule has 0 N–H and O–H groups in total. The van der Waals surface area contributed by atoms with Gasteiger partial charge in [-0.25, -0.2) is 4.98 Å². The van der Waals surface area contributed by atoms with E-state index in [-0.39, 0.29) is 16.9 Å². The number of ketones is 1. The normalized spacial score (nSPS) is 15.5. The lowest BCUT2D eigenvalue weighted by Crippen LogP contribution is -2.53. The van der Waals surface area contributed by atoms with Crippen molar-refractivity contribution < 1.29 is 14.4 Å². The monoisotopic (exact) mass is 644 g/mol. The average Bonchev–Trinajstić information content (AvgIpc) is 3.44. The lowest BCUT2D eigenvalue weighted by atomic mass is 9.84. The standard InChI is InChI=1S/C38H52N4O3S/c1-11-16-18-41(19-17-12-2)37-40-33(32-27(14-4)20-26(13-3)21-28(32)15-5)31(46-37)22-29-24(6)30(23-39)36(45)42(35(29)44)25(7)34(43)38(8,9)10/h20-22,25H,11-19H2,1-10H3/b29-22-. The number of imide groups is 1. The smallest absolute Gasteiger partial charge is 0.272 e. The van der Waals surface area contributed by atoms with Crippen LogP contribution in [0.25, 0.3) is 17.3 Å². The Labute approximate surface area is 280 Å². The maximum absolute atomic E-state index is 14.2. The summed E-state index contributed by atoms with van der Waals surface area (Å²) < 4.78 is 0. The molecule has 0 fully saturated rings. The van der Waals surface area contributed by atoms with Crippen LogP contribution in [0.2, 0.25) is 0 Å². The molecule has 7 nitrogen and oxygen atoms in total. The minimum Gasteiger partial charge on any atom is -0.348 e. The van der Waals surface area contributed by atoms with Crippen molar-refractivity contribution >= 4 is 40.1 Å². The number of nitrogens with zero attached hydrogens (tertiary/aromatic N) is 4. The third-order valence-electron chi connectivity index (χ3n) is 8.80. The number of nitriles is 1. The molecule has 0 radical (unpaired) electrons. The van der Waals surface area contributed by atoms with Crippen molar-refractivity contribution in [3.63, 3.8) is 0 Å². The van der Waals surface area contributed by atoms with Crippen LogP contribution < -0.4 is 4.90 Å². The lowest BCUT2D eigenvalue weighted by molar-refractivity contribution is -0.149. The minimum atomic E-state index is -1.02. The Kier molecular flexibility index (Phi) is 12.7. The van der Waals surface area contributed by atoms with E-state index in [0.29, 0.717) is 5.57 Å². The minimum absolute atomic E-state index is 0.117. The van der Waals surface area contributed by atoms with Crippen LogP contribution in [-0.4, -0.2) is 46.6 Å². The number of thiazole rings is 1. The molecule has 46 heavy (non-hydrogen) atoms. The van der Waals surface area contributed by atoms with E-state index < -0.39 is 23.3 Å². The summed E-state index contributed by atoms with van der Waals surface area (Å²) >= 11 is 1.55. The molecule has 8 heteroatoms. The molecule has 1 unspecified atom stereocenters. The number of aryl methyl sites for hydroxylation is 3. The van der Waals surface area contributed by atoms with Crippen LogP contribution in [-0.2, 0) is 33.6 Å². The molecular formula is C38H52N4O3S. The SMILES string of the molecule is CCCCN(CCCC)c1nc(-c2c(CC)cc(CC)cc2CC)c(/C=C2\C(=O)N(C(C)C(=O)C(C)(C)C)C(=O)C(C#N)=C2C)s1. The van der Waals surface area contributed by atoms with Crippen molar-refractivity contribution in [3.05, 3.63) is 50.4 Å². The molecular weight excluding hydrogens is 593 g/mol. The highest BCUT2D eigenvalue weighted by molar-refractivity contribution is 7.17. The Morgan fingerprint density at radius 2 is 1.57 bits per heavy atom. The molecule has 0 saturated carbocycles. The number of rotatable bonds is 14. The van der Waals surface area contributed by atoms with Crippen molar-refractivity contribution in [2.45, 2.75) is 120 Å². The van der Waals surface area contributed by atoms with E-state index in [2.05, 4.69) is 51.7 Å². The van der Waals surface area contributed by atoms with E-state index >= 15 is 0 Å². The first-order valence-electron chi connectivity index (χ1n) is 16.9. The second-order valence-corrected chi connectivity index (χ2v) is 14.2. The van der Waals surface area contributed by atoms with Gasteiger partial charge < -0.3 is 4.90 Å². The van der Waals surface area contributed by atoms with Gasteiger partial charge in [0.2, 0.25) is 0 Å². The second kappa shape index (κ2) is 15.8. The number of carbonyl (C=O) groups excluding carboxylic acids is 3. The summed E-state index contributed by atoms with van der Waals surface area (Å²) in [4.78, 5) is 50.4. The van der Waals surface area contributed by atoms with Gasteiger partial charge in [-0.3, -0.25) is 19.3 Å². The maximum atomic E-state index is 14.2. The van der Waals surface area contributed by atoms with E-state index in [1.807, 2.05) is 12.1 Å². The van der Waals surface area contributed by atoms with Crippen LogP contribution in [0.4, 0.5) is 5.13 Å². The number of amides is 2. The Morgan fingerprint density at radius 3 is 2.02 bits per heavy atom. The van der Waals surface area contributed by atoms with Crippen LogP contribution in [0.3, 0.4) is 0 Å². The van der Waals surface area contributed by atoms with Gasteiger partial charge in [0.25, 0.3) is 11.8 Å². The average molecular weight is 645 g/mol. The van der Waals surface area contributed by atoms with Crippen molar-refractivity contribution in [2.24, 2.45) is 5.41 Å². The van der Waals surface area contributed by atoms with Crippen LogP contribution >= 0.6 is 11.3 Å². The fraction of sp³-hybridized carbons (Fsp3) is 0.553. The highest BCUT2D eigenvalue weighted by Gasteiger charge is 2.43. The highest BCUT2D eigenvalue weighted by Crippen LogP contribution is 2.41. The predicted octanol–water partition coefficient (Wildman–Crippen LogP) is 8.50. The first-order valence-corrected chi connectivity index (χ1v) is 17.8. The summed E-state index contributed by atoms with van der Waals surface area (Å²) in [5.41, 5.74) is 5.30. The molecule has 3 rings (SSSR count). The van der Waals surface area contributed by atoms with E-state index in [4.69, 9.17) is 4.98 Å². The van der Waals surface area contributed by atoms with Gasteiger partial charge in [-0.15, -0.1) is 0 Å². The van der Waals surface area contributed by atoms with Gasteiger partial charge >= 0.3 is 0 Å². The summed E-state index contributed by atoms with van der Waals surface area (Å²) in [6, 6.07) is 5.54. The Hall–Kier alpha value is -3.57. The number of unbranched alkanes of at least 4 members (excludes halogenated alkanes) is 2. The maximum Gasteiger partial charge on any atom is 0.272 e. The Morgan fingerprint density at radius 1 is 1.00 bits per heavy atom. The number of Topliss-reactive ketones (excluding diaryl/α,β-unsaturated/α-hetero) is 1. The fourth-order valence-electron chi connectivity index (χ4n) is 5.97. The molecule has 0 spiro atoms. The largest absolute Gasteiger partial charge is 0.348 e. The van der Waals surface area contributed by atoms with E-state index in [0.717, 1.165) is 84.2 Å². The number of hydrogen-bond donors (Lipinski definition) is 0. The fourth-order valence-corrected chi connectivity index (χ4v) is 7.03. The number of aromatic nitrogens is 1. The molecule has 248 valence electrons. The Balaban J connectivity index is 2.37. The number of hydrogen-bond acceptors (Lipinski definition) is 7. The molecule has 1 aliphatic heterocycles.